The molecule has 0 atom stereocenters. The van der Waals surface area contributed by atoms with Crippen LogP contribution in [0.5, 0.6) is 23.0 Å². The van der Waals surface area contributed by atoms with E-state index in [0.29, 0.717) is 45.1 Å². The van der Waals surface area contributed by atoms with E-state index in [4.69, 9.17) is 23.4 Å². The van der Waals surface area contributed by atoms with E-state index in [-0.39, 0.29) is 17.1 Å². The number of hydrogen-bond acceptors (Lipinski definition) is 7. The van der Waals surface area contributed by atoms with Crippen molar-refractivity contribution in [2.45, 2.75) is 0 Å². The molecule has 0 radical (unpaired) electrons. The Morgan fingerprint density at radius 3 is 2.17 bits per heavy atom. The number of carbonyl (C=O) groups excluding carboxylic acids is 2. The van der Waals surface area contributed by atoms with Crippen molar-refractivity contribution in [1.82, 2.24) is 0 Å². The third-order valence-corrected chi connectivity index (χ3v) is 6.34. The first-order chi connectivity index (χ1) is 19.5. The first-order valence-electron chi connectivity index (χ1n) is 12.4. The van der Waals surface area contributed by atoms with Gasteiger partial charge in [0.1, 0.15) is 39.9 Å². The van der Waals surface area contributed by atoms with Crippen molar-refractivity contribution in [3.8, 4) is 34.3 Å². The lowest BCUT2D eigenvalue weighted by molar-refractivity contribution is 0.0736. The number of hydrogen-bond donors (Lipinski definition) is 0. The van der Waals surface area contributed by atoms with Gasteiger partial charge in [-0.25, -0.2) is 4.79 Å². The molecule has 0 unspecified atom stereocenters. The second kappa shape index (κ2) is 11.6. The maximum atomic E-state index is 13.7. The molecule has 0 fully saturated rings. The van der Waals surface area contributed by atoms with Crippen LogP contribution in [0, 0.1) is 0 Å². The highest BCUT2D eigenvalue weighted by atomic mass is 16.5. The zero-order valence-electron chi connectivity index (χ0n) is 22.2. The summed E-state index contributed by atoms with van der Waals surface area (Å²) in [6.07, 6.45) is 3.00. The van der Waals surface area contributed by atoms with Gasteiger partial charge in [-0.2, -0.15) is 0 Å². The summed E-state index contributed by atoms with van der Waals surface area (Å²) >= 11 is 0. The van der Waals surface area contributed by atoms with Crippen molar-refractivity contribution in [1.29, 1.82) is 0 Å². The van der Waals surface area contributed by atoms with E-state index in [9.17, 15) is 9.59 Å². The highest BCUT2D eigenvalue weighted by Gasteiger charge is 2.25. The summed E-state index contributed by atoms with van der Waals surface area (Å²) in [5.41, 5.74) is 2.42. The molecule has 7 nitrogen and oxygen atoms in total. The van der Waals surface area contributed by atoms with Gasteiger partial charge in [0.25, 0.3) is 0 Å². The van der Waals surface area contributed by atoms with Crippen LogP contribution in [0.25, 0.3) is 28.4 Å². The lowest BCUT2D eigenvalue weighted by Gasteiger charge is -2.09. The minimum absolute atomic E-state index is 0.274. The normalized spacial score (nSPS) is 11.0. The number of ether oxygens (including phenoxy) is 4. The standard InChI is InChI=1S/C33H26O7/c1-36-23-14-17-29(38-3)25(19-23)27(34)16-13-21-9-7-8-12-28(21)40-33(35)31-26-20-24(37-2)15-18-30(26)39-32(31)22-10-5-4-6-11-22/h4-20H,1-3H3/b16-13+. The van der Waals surface area contributed by atoms with Gasteiger partial charge in [-0.05, 0) is 54.6 Å². The first kappa shape index (κ1) is 26.3. The molecule has 0 bridgehead atoms. The predicted octanol–water partition coefficient (Wildman–Crippen LogP) is 7.24. The number of methoxy groups -OCH3 is 3. The number of esters is 1. The van der Waals surface area contributed by atoms with Gasteiger partial charge in [-0.15, -0.1) is 0 Å². The summed E-state index contributed by atoms with van der Waals surface area (Å²) in [6.45, 7) is 0. The molecule has 0 N–H and O–H groups in total. The summed E-state index contributed by atoms with van der Waals surface area (Å²) in [6, 6.07) is 26.6. The summed E-state index contributed by atoms with van der Waals surface area (Å²) in [5, 5.41) is 0.566. The molecule has 1 heterocycles. The van der Waals surface area contributed by atoms with Gasteiger partial charge < -0.3 is 23.4 Å². The zero-order chi connectivity index (χ0) is 28.1. The minimum atomic E-state index is -0.604. The fraction of sp³-hybridized carbons (Fsp3) is 0.0909. The Bertz CT molecular complexity index is 1710. The average molecular weight is 535 g/mol. The number of carbonyl (C=O) groups is 2. The third kappa shape index (κ3) is 5.31. The van der Waals surface area contributed by atoms with Gasteiger partial charge in [0.05, 0.1) is 26.9 Å². The van der Waals surface area contributed by atoms with Crippen LogP contribution in [0.15, 0.2) is 101 Å². The van der Waals surface area contributed by atoms with Crippen molar-refractivity contribution in [2.75, 3.05) is 21.3 Å². The summed E-state index contributed by atoms with van der Waals surface area (Å²) < 4.78 is 28.0. The van der Waals surface area contributed by atoms with E-state index in [0.717, 1.165) is 5.56 Å². The van der Waals surface area contributed by atoms with E-state index in [2.05, 4.69) is 0 Å². The minimum Gasteiger partial charge on any atom is -0.497 e. The highest BCUT2D eigenvalue weighted by molar-refractivity contribution is 6.11. The fourth-order valence-corrected chi connectivity index (χ4v) is 4.32. The Balaban J connectivity index is 1.49. The zero-order valence-corrected chi connectivity index (χ0v) is 22.2. The van der Waals surface area contributed by atoms with Crippen LogP contribution in [0.3, 0.4) is 0 Å². The molecule has 4 aromatic carbocycles. The number of fused-ring (bicyclic) bond motifs is 1. The number of para-hydroxylation sites is 1. The molecule has 40 heavy (non-hydrogen) atoms. The van der Waals surface area contributed by atoms with Crippen LogP contribution in [-0.2, 0) is 0 Å². The van der Waals surface area contributed by atoms with Crippen molar-refractivity contribution in [2.24, 2.45) is 0 Å². The van der Waals surface area contributed by atoms with E-state index in [1.807, 2.05) is 30.3 Å². The molecular weight excluding hydrogens is 508 g/mol. The van der Waals surface area contributed by atoms with E-state index in [1.54, 1.807) is 73.8 Å². The van der Waals surface area contributed by atoms with Crippen molar-refractivity contribution in [3.05, 3.63) is 114 Å². The molecule has 0 saturated heterocycles. The molecule has 0 aliphatic rings. The van der Waals surface area contributed by atoms with Gasteiger partial charge >= 0.3 is 5.97 Å². The smallest absolute Gasteiger partial charge is 0.348 e. The largest absolute Gasteiger partial charge is 0.497 e. The first-order valence-corrected chi connectivity index (χ1v) is 12.4. The molecule has 1 aromatic heterocycles. The van der Waals surface area contributed by atoms with E-state index in [1.165, 1.54) is 20.3 Å². The Hall–Kier alpha value is -5.30. The van der Waals surface area contributed by atoms with Gasteiger partial charge in [0.2, 0.25) is 0 Å². The third-order valence-electron chi connectivity index (χ3n) is 6.34. The van der Waals surface area contributed by atoms with Gasteiger partial charge in [-0.1, -0.05) is 48.5 Å². The van der Waals surface area contributed by atoms with Crippen molar-refractivity contribution >= 4 is 28.8 Å². The molecule has 200 valence electrons. The second-order valence-corrected chi connectivity index (χ2v) is 8.73. The Morgan fingerprint density at radius 2 is 1.43 bits per heavy atom. The lowest BCUT2D eigenvalue weighted by atomic mass is 10.1. The number of allylic oxidation sites excluding steroid dienone is 1. The molecular formula is C33H26O7. The number of rotatable bonds is 9. The predicted molar refractivity (Wildman–Crippen MR) is 153 cm³/mol. The fourth-order valence-electron chi connectivity index (χ4n) is 4.32. The summed E-state index contributed by atoms with van der Waals surface area (Å²) in [4.78, 5) is 26.7. The Kier molecular flexibility index (Phi) is 7.64. The maximum absolute atomic E-state index is 13.7. The molecule has 0 saturated carbocycles. The summed E-state index contributed by atoms with van der Waals surface area (Å²) in [5.74, 6) is 1.31. The molecule has 5 aromatic rings. The monoisotopic (exact) mass is 534 g/mol. The maximum Gasteiger partial charge on any atom is 0.348 e. The number of benzene rings is 4. The van der Waals surface area contributed by atoms with Crippen LogP contribution in [0.2, 0.25) is 0 Å². The highest BCUT2D eigenvalue weighted by Crippen LogP contribution is 2.36. The molecule has 0 aliphatic carbocycles. The van der Waals surface area contributed by atoms with Crippen LogP contribution in [-0.4, -0.2) is 33.1 Å². The summed E-state index contributed by atoms with van der Waals surface area (Å²) in [7, 11) is 4.58. The lowest BCUT2D eigenvalue weighted by Crippen LogP contribution is -2.10. The Labute approximate surface area is 231 Å². The second-order valence-electron chi connectivity index (χ2n) is 8.73. The molecule has 0 spiro atoms. The molecule has 7 heteroatoms. The molecule has 0 aliphatic heterocycles. The van der Waals surface area contributed by atoms with Crippen LogP contribution in [0.1, 0.15) is 26.3 Å². The van der Waals surface area contributed by atoms with Gasteiger partial charge in [0, 0.05) is 16.5 Å². The SMILES string of the molecule is COc1ccc(OC)c(C(=O)/C=C/c2ccccc2OC(=O)c2c(-c3ccccc3)oc3ccc(OC)cc23)c1. The van der Waals surface area contributed by atoms with Crippen LogP contribution >= 0.6 is 0 Å². The number of ketones is 1. The molecule has 5 rings (SSSR count). The van der Waals surface area contributed by atoms with Crippen LogP contribution < -0.4 is 18.9 Å². The van der Waals surface area contributed by atoms with Gasteiger partial charge in [0.15, 0.2) is 5.78 Å². The number of furan rings is 1. The average Bonchev–Trinajstić information content (AvgIpc) is 3.39. The molecule has 0 amide bonds. The quantitative estimate of drug-likeness (QED) is 0.0853. The van der Waals surface area contributed by atoms with Gasteiger partial charge in [-0.3, -0.25) is 4.79 Å². The van der Waals surface area contributed by atoms with Crippen LogP contribution in [0.4, 0.5) is 0 Å². The van der Waals surface area contributed by atoms with E-state index < -0.39 is 5.97 Å². The Morgan fingerprint density at radius 1 is 0.725 bits per heavy atom. The topological polar surface area (TPSA) is 84.2 Å². The van der Waals surface area contributed by atoms with Crippen molar-refractivity contribution < 1.29 is 33.0 Å². The van der Waals surface area contributed by atoms with E-state index >= 15 is 0 Å². The van der Waals surface area contributed by atoms with Crippen molar-refractivity contribution in [3.63, 3.8) is 0 Å².